The molecule has 0 saturated carbocycles. The Kier molecular flexibility index (Phi) is 11.1. The number of aryl methyl sites for hydroxylation is 1. The monoisotopic (exact) mass is 639 g/mol. The van der Waals surface area contributed by atoms with Gasteiger partial charge in [-0.15, -0.1) is 16.4 Å². The first-order chi connectivity index (χ1) is 21.6. The number of urea groups is 1. The molecule has 2 heterocycles. The minimum absolute atomic E-state index is 0.0825. The number of nitrogens with zero attached hydrogens (tertiary/aromatic N) is 4. The van der Waals surface area contributed by atoms with Crippen LogP contribution in [-0.2, 0) is 27.2 Å². The lowest BCUT2D eigenvalue weighted by molar-refractivity contribution is -0.140. The number of carboxylic acid groups (broad SMARTS) is 3. The highest BCUT2D eigenvalue weighted by Gasteiger charge is 2.25. The molecule has 0 saturated heterocycles. The molecule has 14 nitrogen and oxygen atoms in total. The van der Waals surface area contributed by atoms with Crippen molar-refractivity contribution in [2.45, 2.75) is 44.2 Å². The number of hydrogen-bond donors (Lipinski definition) is 6. The predicted octanol–water partition coefficient (Wildman–Crippen LogP) is 3.65. The van der Waals surface area contributed by atoms with Crippen LogP contribution in [0.5, 0.6) is 0 Å². The molecule has 0 aliphatic rings. The molecular weight excluding hydrogens is 609 g/mol. The zero-order valence-electron chi connectivity index (χ0n) is 23.7. The van der Waals surface area contributed by atoms with Gasteiger partial charge in [0.05, 0.1) is 29.9 Å². The Morgan fingerprint density at radius 1 is 0.933 bits per heavy atom. The summed E-state index contributed by atoms with van der Waals surface area (Å²) < 4.78 is 14.1. The van der Waals surface area contributed by atoms with E-state index in [0.717, 1.165) is 22.6 Å². The van der Waals surface area contributed by atoms with Crippen LogP contribution in [0.1, 0.15) is 30.5 Å². The van der Waals surface area contributed by atoms with Gasteiger partial charge in [-0.3, -0.25) is 9.18 Å². The molecule has 236 valence electrons. The van der Waals surface area contributed by atoms with Gasteiger partial charge in [-0.05, 0) is 49.1 Å². The number of thiazole rings is 1. The number of anilines is 2. The third-order valence-electron chi connectivity index (χ3n) is 6.54. The number of carbonyl (C=O) groups is 4. The second-order valence-corrected chi connectivity index (χ2v) is 10.7. The number of halogens is 1. The normalized spacial score (nSPS) is 12.2. The van der Waals surface area contributed by atoms with Crippen LogP contribution >= 0.6 is 11.3 Å². The number of alkyl halides is 1. The minimum atomic E-state index is -1.49. The van der Waals surface area contributed by atoms with Crippen LogP contribution < -0.4 is 16.0 Å². The molecule has 2 aromatic carbocycles. The van der Waals surface area contributed by atoms with E-state index in [1.807, 2.05) is 29.6 Å². The van der Waals surface area contributed by atoms with Crippen molar-refractivity contribution in [1.29, 1.82) is 0 Å². The zero-order chi connectivity index (χ0) is 32.3. The topological polar surface area (TPSA) is 209 Å². The van der Waals surface area contributed by atoms with Gasteiger partial charge in [0, 0.05) is 29.5 Å². The van der Waals surface area contributed by atoms with E-state index in [1.165, 1.54) is 11.3 Å². The van der Waals surface area contributed by atoms with Crippen LogP contribution in [0.3, 0.4) is 0 Å². The lowest BCUT2D eigenvalue weighted by Crippen LogP contribution is -2.51. The molecule has 0 aliphatic heterocycles. The Labute approximate surface area is 259 Å². The number of carboxylic acids is 3. The van der Waals surface area contributed by atoms with Gasteiger partial charge >= 0.3 is 23.9 Å². The fourth-order valence-corrected chi connectivity index (χ4v) is 4.94. The molecule has 6 N–H and O–H groups in total. The number of carbonyl (C=O) groups excluding carboxylic acids is 1. The molecule has 0 fully saturated rings. The van der Waals surface area contributed by atoms with E-state index in [1.54, 1.807) is 35.1 Å². The Balaban J connectivity index is 1.32. The summed E-state index contributed by atoms with van der Waals surface area (Å²) in [5.41, 5.74) is 4.48. The van der Waals surface area contributed by atoms with E-state index < -0.39 is 49.1 Å². The highest BCUT2D eigenvalue weighted by molar-refractivity contribution is 7.14. The summed E-state index contributed by atoms with van der Waals surface area (Å²) in [6.45, 7) is -0.399. The van der Waals surface area contributed by atoms with Gasteiger partial charge in [0.2, 0.25) is 0 Å². The second-order valence-electron chi connectivity index (χ2n) is 9.89. The fraction of sp³-hybridized carbons (Fsp3) is 0.276. The first-order valence-electron chi connectivity index (χ1n) is 13.7. The zero-order valence-corrected chi connectivity index (χ0v) is 24.5. The van der Waals surface area contributed by atoms with E-state index >= 15 is 0 Å². The van der Waals surface area contributed by atoms with Gasteiger partial charge in [-0.1, -0.05) is 29.5 Å². The lowest BCUT2D eigenvalue weighted by Gasteiger charge is -2.18. The van der Waals surface area contributed by atoms with Gasteiger partial charge in [-0.2, -0.15) is 0 Å². The number of aliphatic carboxylic acids is 3. The summed E-state index contributed by atoms with van der Waals surface area (Å²) in [7, 11) is 0. The van der Waals surface area contributed by atoms with Crippen LogP contribution in [0.25, 0.3) is 16.9 Å². The summed E-state index contributed by atoms with van der Waals surface area (Å²) in [6, 6.07) is 10.6. The van der Waals surface area contributed by atoms with Gasteiger partial charge in [0.1, 0.15) is 12.1 Å². The fourth-order valence-electron chi connectivity index (χ4n) is 4.20. The summed E-state index contributed by atoms with van der Waals surface area (Å²) >= 11 is 1.40. The van der Waals surface area contributed by atoms with E-state index in [9.17, 15) is 33.8 Å². The molecule has 16 heteroatoms. The Hall–Kier alpha value is -5.38. The molecule has 45 heavy (non-hydrogen) atoms. The average Bonchev–Trinajstić information content (AvgIpc) is 3.69. The predicted molar refractivity (Wildman–Crippen MR) is 162 cm³/mol. The molecular formula is C29H30FN7O7S. The Morgan fingerprint density at radius 3 is 2.27 bits per heavy atom. The lowest BCUT2D eigenvalue weighted by atomic mass is 10.1. The van der Waals surface area contributed by atoms with E-state index in [4.69, 9.17) is 5.11 Å². The molecule has 0 spiro atoms. The summed E-state index contributed by atoms with van der Waals surface area (Å²) in [5.74, 6) is -3.98. The molecule has 2 atom stereocenters. The smallest absolute Gasteiger partial charge is 0.326 e. The maximum absolute atomic E-state index is 12.4. The van der Waals surface area contributed by atoms with Crippen LogP contribution in [0.2, 0.25) is 0 Å². The standard InChI is InChI=1S/C29H30FN7O7S/c30-13-1-2-20-15-37(36-35-20)21-9-5-18(6-10-21)24-16-45-29(34-24)31-19-7-3-17(4-8-19)14-23(27(42)43)33-28(44)32-22(26(40)41)11-12-25(38)39/h3-10,15-16,22-23H,1-2,11-14H2,(H,31,34)(H,38,39)(H,40,41)(H,42,43)(H2,32,33,44). The largest absolute Gasteiger partial charge is 0.481 e. The molecule has 2 amide bonds. The van der Waals surface area contributed by atoms with E-state index in [0.29, 0.717) is 29.2 Å². The van der Waals surface area contributed by atoms with Crippen LogP contribution in [0.15, 0.2) is 60.1 Å². The van der Waals surface area contributed by atoms with Gasteiger partial charge in [0.25, 0.3) is 0 Å². The van der Waals surface area contributed by atoms with Crippen molar-refractivity contribution in [3.63, 3.8) is 0 Å². The Bertz CT molecular complexity index is 1630. The number of aromatic nitrogens is 4. The van der Waals surface area contributed by atoms with Crippen LogP contribution in [0.4, 0.5) is 20.0 Å². The summed E-state index contributed by atoms with van der Waals surface area (Å²) in [5, 5.41) is 45.8. The SMILES string of the molecule is O=C(O)CCC(NC(=O)NC(Cc1ccc(Nc2nc(-c3ccc(-n4cc(CCCF)nn4)cc3)cs2)cc1)C(=O)O)C(=O)O. The first-order valence-corrected chi connectivity index (χ1v) is 14.6. The molecule has 4 rings (SSSR count). The van der Waals surface area contributed by atoms with Gasteiger partial charge < -0.3 is 31.3 Å². The highest BCUT2D eigenvalue weighted by Crippen LogP contribution is 2.28. The minimum Gasteiger partial charge on any atom is -0.481 e. The molecule has 0 bridgehead atoms. The number of benzene rings is 2. The van der Waals surface area contributed by atoms with Crippen LogP contribution in [0, 0.1) is 0 Å². The maximum Gasteiger partial charge on any atom is 0.326 e. The summed E-state index contributed by atoms with van der Waals surface area (Å²) in [6.07, 6.45) is 1.79. The van der Waals surface area contributed by atoms with Crippen molar-refractivity contribution in [2.75, 3.05) is 12.0 Å². The second kappa shape index (κ2) is 15.4. The van der Waals surface area contributed by atoms with Crippen molar-refractivity contribution < 1.29 is 38.9 Å². The summed E-state index contributed by atoms with van der Waals surface area (Å²) in [4.78, 5) is 50.7. The van der Waals surface area contributed by atoms with E-state index in [2.05, 4.69) is 31.2 Å². The molecule has 0 aliphatic carbocycles. The van der Waals surface area contributed by atoms with Crippen molar-refractivity contribution in [3.05, 3.63) is 71.4 Å². The number of amides is 2. The third-order valence-corrected chi connectivity index (χ3v) is 7.30. The van der Waals surface area contributed by atoms with E-state index in [-0.39, 0.29) is 12.8 Å². The quantitative estimate of drug-likeness (QED) is 0.104. The third kappa shape index (κ3) is 9.56. The molecule has 2 unspecified atom stereocenters. The average molecular weight is 640 g/mol. The highest BCUT2D eigenvalue weighted by atomic mass is 32.1. The van der Waals surface area contributed by atoms with Gasteiger partial charge in [-0.25, -0.2) is 24.0 Å². The number of hydrogen-bond acceptors (Lipinski definition) is 9. The molecule has 4 aromatic rings. The Morgan fingerprint density at radius 2 is 1.62 bits per heavy atom. The first kappa shape index (κ1) is 32.5. The number of nitrogens with one attached hydrogen (secondary N) is 3. The van der Waals surface area contributed by atoms with Gasteiger partial charge in [0.15, 0.2) is 5.13 Å². The maximum atomic E-state index is 12.4. The van der Waals surface area contributed by atoms with Crippen molar-refractivity contribution in [1.82, 2.24) is 30.6 Å². The molecule has 2 aromatic heterocycles. The van der Waals surface area contributed by atoms with Crippen molar-refractivity contribution >= 4 is 46.1 Å². The number of rotatable bonds is 16. The van der Waals surface area contributed by atoms with Crippen LogP contribution in [-0.4, -0.2) is 78.0 Å². The van der Waals surface area contributed by atoms with Crippen molar-refractivity contribution in [3.8, 4) is 16.9 Å². The van der Waals surface area contributed by atoms with Crippen molar-refractivity contribution in [2.24, 2.45) is 0 Å². The molecule has 0 radical (unpaired) electrons.